The first-order valence-electron chi connectivity index (χ1n) is 20.9. The average Bonchev–Trinajstić information content (AvgIpc) is 3.27. The van der Waals surface area contributed by atoms with Crippen LogP contribution in [0.1, 0.15) is 101 Å². The van der Waals surface area contributed by atoms with Crippen LogP contribution in [0.15, 0.2) is 121 Å². The summed E-state index contributed by atoms with van der Waals surface area (Å²) in [5.41, 5.74) is 11.7. The maximum absolute atomic E-state index is 11.4. The molecule has 0 saturated carbocycles. The van der Waals surface area contributed by atoms with Gasteiger partial charge in [-0.15, -0.1) is 0 Å². The molecule has 8 nitrogen and oxygen atoms in total. The van der Waals surface area contributed by atoms with Gasteiger partial charge in [0.25, 0.3) is 0 Å². The lowest BCUT2D eigenvalue weighted by molar-refractivity contribution is 0.0974. The Hall–Kier alpha value is -5.60. The minimum atomic E-state index is -0.266. The van der Waals surface area contributed by atoms with Crippen LogP contribution < -0.4 is 25.3 Å². The Morgan fingerprint density at radius 3 is 1.60 bits per heavy atom. The minimum Gasteiger partial charge on any atom is -0.388 e. The standard InChI is InChI=1S/C11H15N.C10H13NO.C10H11NO.C10H13N.C9H9NO/c1-9-7-8-12(2)11-6-4-3-5-10(9)11;2*1-11-7-6-10(12)8-4-2-3-5-9(8)11;1-8-6-7-11-10-5-3-2-4-9(8)10;11-9-5-6-10-8-4-2-1-3-7(8)9/h3-6,9H,7-8H2,1-2H3;2-5,10,12H,6-7H2,1H3;2-5H,6-7H2,1H3;2-5,8,11H,6-7H2,1H3;1-4,10H,5-6H2/t9-;10-;;8-;/m11.1./s1. The molecular weight excluding hydrogens is 719 g/mol. The molecule has 5 heterocycles. The Bertz CT molecular complexity index is 2020. The summed E-state index contributed by atoms with van der Waals surface area (Å²) in [5, 5.41) is 16.2. The molecule has 0 aliphatic carbocycles. The molecule has 0 unspecified atom stereocenters. The van der Waals surface area contributed by atoms with Crippen molar-refractivity contribution in [2.75, 3.05) is 79.2 Å². The highest BCUT2D eigenvalue weighted by molar-refractivity contribution is 6.03. The Morgan fingerprint density at radius 1 is 0.483 bits per heavy atom. The molecule has 0 bridgehead atoms. The second kappa shape index (κ2) is 20.2. The molecule has 0 fully saturated rings. The minimum absolute atomic E-state index is 0.249. The maximum Gasteiger partial charge on any atom is 0.166 e. The number of Topliss-reactive ketones (excluding diaryl/α,β-unsaturated/α-hetero) is 2. The molecule has 3 N–H and O–H groups in total. The fraction of sp³-hybridized carbons (Fsp3) is 0.360. The lowest BCUT2D eigenvalue weighted by Crippen LogP contribution is -2.27. The molecule has 58 heavy (non-hydrogen) atoms. The SMILES string of the molecule is CN1CCC(=O)c2ccccc21.CN1CC[C@@H](O)c2ccccc21.C[C@@H]1CCN(C)c2ccccc21.C[C@@H]1CCNc2ccccc21.O=C1CCNc2ccccc21. The molecule has 5 aliphatic heterocycles. The van der Waals surface area contributed by atoms with E-state index in [1.165, 1.54) is 41.9 Å². The molecule has 5 aromatic carbocycles. The van der Waals surface area contributed by atoms with Gasteiger partial charge in [0.2, 0.25) is 0 Å². The van der Waals surface area contributed by atoms with E-state index in [2.05, 4.69) is 108 Å². The summed E-state index contributed by atoms with van der Waals surface area (Å²) in [6.45, 7) is 9.48. The van der Waals surface area contributed by atoms with Crippen molar-refractivity contribution in [3.8, 4) is 0 Å². The molecule has 0 saturated heterocycles. The number of hydrogen-bond acceptors (Lipinski definition) is 8. The number of fused-ring (bicyclic) bond motifs is 5. The van der Waals surface area contributed by atoms with Gasteiger partial charge in [0.15, 0.2) is 11.6 Å². The maximum atomic E-state index is 11.4. The highest BCUT2D eigenvalue weighted by Gasteiger charge is 2.21. The first kappa shape index (κ1) is 42.0. The van der Waals surface area contributed by atoms with Crippen molar-refractivity contribution in [2.24, 2.45) is 0 Å². The third-order valence-electron chi connectivity index (χ3n) is 11.8. The molecule has 0 radical (unpaired) electrons. The van der Waals surface area contributed by atoms with Crippen molar-refractivity contribution in [2.45, 2.75) is 63.9 Å². The van der Waals surface area contributed by atoms with E-state index in [-0.39, 0.29) is 17.7 Å². The lowest BCUT2D eigenvalue weighted by atomic mass is 9.92. The highest BCUT2D eigenvalue weighted by atomic mass is 16.3. The first-order valence-corrected chi connectivity index (χ1v) is 20.9. The average molecular weight is 780 g/mol. The van der Waals surface area contributed by atoms with Crippen LogP contribution in [0.25, 0.3) is 0 Å². The van der Waals surface area contributed by atoms with Crippen molar-refractivity contribution in [1.82, 2.24) is 0 Å². The molecule has 3 atom stereocenters. The van der Waals surface area contributed by atoms with E-state index in [0.29, 0.717) is 12.8 Å². The number of nitrogens with zero attached hydrogens (tertiary/aromatic N) is 3. The third-order valence-corrected chi connectivity index (χ3v) is 11.8. The van der Waals surface area contributed by atoms with Crippen LogP contribution in [0.5, 0.6) is 0 Å². The molecular formula is C50H61N5O3. The zero-order valence-electron chi connectivity index (χ0n) is 35.0. The van der Waals surface area contributed by atoms with E-state index in [9.17, 15) is 14.7 Å². The molecule has 0 aromatic heterocycles. The van der Waals surface area contributed by atoms with Crippen LogP contribution in [-0.4, -0.2) is 70.5 Å². The summed E-state index contributed by atoms with van der Waals surface area (Å²) in [4.78, 5) is 29.3. The van der Waals surface area contributed by atoms with Crippen LogP contribution in [0.3, 0.4) is 0 Å². The smallest absolute Gasteiger partial charge is 0.166 e. The van der Waals surface area contributed by atoms with Gasteiger partial charge in [-0.3, -0.25) is 9.59 Å². The summed E-state index contributed by atoms with van der Waals surface area (Å²) < 4.78 is 0. The van der Waals surface area contributed by atoms with Gasteiger partial charge in [-0.25, -0.2) is 0 Å². The van der Waals surface area contributed by atoms with Gasteiger partial charge in [0.1, 0.15) is 0 Å². The zero-order valence-corrected chi connectivity index (χ0v) is 35.0. The number of para-hydroxylation sites is 5. The Labute approximate surface area is 345 Å². The third kappa shape index (κ3) is 10.5. The van der Waals surface area contributed by atoms with E-state index in [0.717, 1.165) is 78.2 Å². The van der Waals surface area contributed by atoms with E-state index in [1.54, 1.807) is 0 Å². The van der Waals surface area contributed by atoms with Crippen LogP contribution in [-0.2, 0) is 0 Å². The number of carbonyl (C=O) groups is 2. The van der Waals surface area contributed by atoms with Crippen LogP contribution in [0.4, 0.5) is 28.4 Å². The van der Waals surface area contributed by atoms with Gasteiger partial charge in [-0.2, -0.15) is 0 Å². The monoisotopic (exact) mass is 779 g/mol. The number of ketones is 2. The fourth-order valence-electron chi connectivity index (χ4n) is 8.18. The second-order valence-corrected chi connectivity index (χ2v) is 15.9. The van der Waals surface area contributed by atoms with Crippen LogP contribution in [0, 0.1) is 0 Å². The molecule has 5 aromatic rings. The summed E-state index contributed by atoms with van der Waals surface area (Å²) in [5.74, 6) is 1.98. The number of aliphatic hydroxyl groups excluding tert-OH is 1. The Kier molecular flexibility index (Phi) is 14.6. The largest absolute Gasteiger partial charge is 0.388 e. The van der Waals surface area contributed by atoms with Gasteiger partial charge < -0.3 is 30.4 Å². The highest BCUT2D eigenvalue weighted by Crippen LogP contribution is 2.34. The van der Waals surface area contributed by atoms with Crippen molar-refractivity contribution in [3.05, 3.63) is 149 Å². The van der Waals surface area contributed by atoms with Crippen molar-refractivity contribution in [3.63, 3.8) is 0 Å². The number of rotatable bonds is 0. The summed E-state index contributed by atoms with van der Waals surface area (Å²) in [6, 6.07) is 40.7. The van der Waals surface area contributed by atoms with Crippen LogP contribution in [0.2, 0.25) is 0 Å². The van der Waals surface area contributed by atoms with Crippen molar-refractivity contribution >= 4 is 40.0 Å². The molecule has 10 rings (SSSR count). The molecule has 304 valence electrons. The number of anilines is 5. The summed E-state index contributed by atoms with van der Waals surface area (Å²) >= 11 is 0. The van der Waals surface area contributed by atoms with Crippen LogP contribution >= 0.6 is 0 Å². The Balaban J connectivity index is 0.000000122. The number of carbonyl (C=O) groups excluding carboxylic acids is 2. The van der Waals surface area contributed by atoms with E-state index >= 15 is 0 Å². The normalized spacial score (nSPS) is 19.6. The summed E-state index contributed by atoms with van der Waals surface area (Å²) in [7, 11) is 6.25. The quantitative estimate of drug-likeness (QED) is 0.143. The van der Waals surface area contributed by atoms with E-state index in [1.807, 2.05) is 73.8 Å². The molecule has 8 heteroatoms. The summed E-state index contributed by atoms with van der Waals surface area (Å²) in [6.07, 6.45) is 4.39. The van der Waals surface area contributed by atoms with Crippen molar-refractivity contribution < 1.29 is 14.7 Å². The predicted octanol–water partition coefficient (Wildman–Crippen LogP) is 10.2. The van der Waals surface area contributed by atoms with Gasteiger partial charge in [0, 0.05) is 112 Å². The number of benzene rings is 5. The topological polar surface area (TPSA) is 88.2 Å². The fourth-order valence-corrected chi connectivity index (χ4v) is 8.18. The van der Waals surface area contributed by atoms with Gasteiger partial charge in [-0.1, -0.05) is 92.7 Å². The molecule has 0 amide bonds. The molecule has 5 aliphatic rings. The first-order chi connectivity index (χ1) is 28.1. The molecule has 0 spiro atoms. The number of aliphatic hydroxyl groups is 1. The van der Waals surface area contributed by atoms with E-state index in [4.69, 9.17) is 0 Å². The van der Waals surface area contributed by atoms with Gasteiger partial charge in [-0.05, 0) is 84.7 Å². The number of hydrogen-bond donors (Lipinski definition) is 3. The second-order valence-electron chi connectivity index (χ2n) is 15.9. The predicted molar refractivity (Wildman–Crippen MR) is 243 cm³/mol. The zero-order chi connectivity index (χ0) is 41.0. The van der Waals surface area contributed by atoms with Gasteiger partial charge in [0.05, 0.1) is 6.10 Å². The van der Waals surface area contributed by atoms with Gasteiger partial charge >= 0.3 is 0 Å². The lowest BCUT2D eigenvalue weighted by Gasteiger charge is -2.31. The van der Waals surface area contributed by atoms with Crippen molar-refractivity contribution in [1.29, 1.82) is 0 Å². The Morgan fingerprint density at radius 2 is 0.966 bits per heavy atom. The number of nitrogens with one attached hydrogen (secondary N) is 2. The van der Waals surface area contributed by atoms with E-state index < -0.39 is 0 Å².